The van der Waals surface area contributed by atoms with Crippen LogP contribution >= 0.6 is 0 Å². The van der Waals surface area contributed by atoms with E-state index in [0.717, 1.165) is 5.56 Å². The van der Waals surface area contributed by atoms with Crippen LogP contribution in [0.2, 0.25) is 0 Å². The average molecular weight is 335 g/mol. The Morgan fingerprint density at radius 2 is 1.96 bits per heavy atom. The Kier molecular flexibility index (Phi) is 7.30. The molecule has 24 heavy (non-hydrogen) atoms. The summed E-state index contributed by atoms with van der Waals surface area (Å²) in [5.74, 6) is -0.421. The molecule has 0 unspecified atom stereocenters. The largest absolute Gasteiger partial charge is 0.493 e. The minimum atomic E-state index is -1.05. The summed E-state index contributed by atoms with van der Waals surface area (Å²) in [4.78, 5) is 23.8. The van der Waals surface area contributed by atoms with Crippen molar-refractivity contribution in [1.82, 2.24) is 5.32 Å². The topological polar surface area (TPSA) is 84.9 Å². The second kappa shape index (κ2) is 8.96. The van der Waals surface area contributed by atoms with E-state index in [9.17, 15) is 14.7 Å². The van der Waals surface area contributed by atoms with Gasteiger partial charge in [-0.25, -0.2) is 4.79 Å². The zero-order valence-electron chi connectivity index (χ0n) is 14.6. The molecule has 2 N–H and O–H groups in total. The van der Waals surface area contributed by atoms with Gasteiger partial charge in [0, 0.05) is 11.1 Å². The minimum absolute atomic E-state index is 0.146. The highest BCUT2D eigenvalue weighted by molar-refractivity contribution is 5.97. The van der Waals surface area contributed by atoms with Crippen LogP contribution < -0.4 is 14.8 Å². The molecule has 0 bridgehead atoms. The standard InChI is InChI=1S/C18H25NO5/c1-6-7-12-9-13(10-15(23-4)16(12)24-5)17(20)19-14(18(21)22)8-11(2)3/h6,9-11,14H,1,7-8H2,2-5H3,(H,19,20)(H,21,22)/t14-/m0/s1. The lowest BCUT2D eigenvalue weighted by molar-refractivity contribution is -0.139. The molecule has 1 aromatic rings. The van der Waals surface area contributed by atoms with Crippen LogP contribution in [-0.4, -0.2) is 37.2 Å². The fourth-order valence-corrected chi connectivity index (χ4v) is 2.42. The number of amides is 1. The molecule has 1 aromatic carbocycles. The SMILES string of the molecule is C=CCc1cc(C(=O)N[C@@H](CC(C)C)C(=O)O)cc(OC)c1OC. The number of nitrogens with one attached hydrogen (secondary N) is 1. The van der Waals surface area contributed by atoms with Crippen LogP contribution in [0.15, 0.2) is 24.8 Å². The zero-order valence-corrected chi connectivity index (χ0v) is 14.6. The van der Waals surface area contributed by atoms with Crippen molar-refractivity contribution in [2.75, 3.05) is 14.2 Å². The van der Waals surface area contributed by atoms with Gasteiger partial charge in [-0.05, 0) is 30.9 Å². The first-order valence-electron chi connectivity index (χ1n) is 7.73. The van der Waals surface area contributed by atoms with Gasteiger partial charge in [-0.3, -0.25) is 4.79 Å². The third-order valence-corrected chi connectivity index (χ3v) is 3.49. The molecule has 0 saturated carbocycles. The number of carboxylic acid groups (broad SMARTS) is 1. The van der Waals surface area contributed by atoms with E-state index >= 15 is 0 Å². The van der Waals surface area contributed by atoms with Crippen molar-refractivity contribution in [3.05, 3.63) is 35.9 Å². The van der Waals surface area contributed by atoms with Crippen molar-refractivity contribution in [1.29, 1.82) is 0 Å². The van der Waals surface area contributed by atoms with Crippen molar-refractivity contribution in [2.45, 2.75) is 32.7 Å². The van der Waals surface area contributed by atoms with Crippen LogP contribution in [0, 0.1) is 5.92 Å². The first-order valence-corrected chi connectivity index (χ1v) is 7.73. The number of hydrogen-bond acceptors (Lipinski definition) is 4. The Labute approximate surface area is 142 Å². The molecule has 1 amide bonds. The molecule has 0 saturated heterocycles. The maximum atomic E-state index is 12.5. The van der Waals surface area contributed by atoms with Gasteiger partial charge in [-0.1, -0.05) is 19.9 Å². The van der Waals surface area contributed by atoms with Gasteiger partial charge in [0.25, 0.3) is 5.91 Å². The Morgan fingerprint density at radius 1 is 1.29 bits per heavy atom. The number of carboxylic acids is 1. The number of carbonyl (C=O) groups is 2. The van der Waals surface area contributed by atoms with Crippen LogP contribution in [-0.2, 0) is 11.2 Å². The van der Waals surface area contributed by atoms with E-state index in [-0.39, 0.29) is 5.92 Å². The van der Waals surface area contributed by atoms with Crippen LogP contribution in [0.1, 0.15) is 36.2 Å². The first kappa shape index (κ1) is 19.5. The summed E-state index contributed by atoms with van der Waals surface area (Å²) >= 11 is 0. The smallest absolute Gasteiger partial charge is 0.326 e. The second-order valence-electron chi connectivity index (χ2n) is 5.86. The van der Waals surface area contributed by atoms with Crippen molar-refractivity contribution < 1.29 is 24.2 Å². The van der Waals surface area contributed by atoms with Gasteiger partial charge < -0.3 is 19.9 Å². The third-order valence-electron chi connectivity index (χ3n) is 3.49. The highest BCUT2D eigenvalue weighted by Gasteiger charge is 2.23. The van der Waals surface area contributed by atoms with Gasteiger partial charge >= 0.3 is 5.97 Å². The highest BCUT2D eigenvalue weighted by Crippen LogP contribution is 2.33. The molecule has 6 heteroatoms. The Bertz CT molecular complexity index is 610. The number of aliphatic carboxylic acids is 1. The van der Waals surface area contributed by atoms with Crippen LogP contribution in [0.25, 0.3) is 0 Å². The van der Waals surface area contributed by atoms with Gasteiger partial charge in [-0.2, -0.15) is 0 Å². The molecule has 0 aliphatic rings. The molecule has 6 nitrogen and oxygen atoms in total. The van der Waals surface area contributed by atoms with Gasteiger partial charge in [0.1, 0.15) is 6.04 Å². The quantitative estimate of drug-likeness (QED) is 0.678. The van der Waals surface area contributed by atoms with Crippen LogP contribution in [0.5, 0.6) is 11.5 Å². The molecule has 1 atom stereocenters. The van der Waals surface area contributed by atoms with Gasteiger partial charge in [0.05, 0.1) is 14.2 Å². The number of allylic oxidation sites excluding steroid dienone is 1. The summed E-state index contributed by atoms with van der Waals surface area (Å²) in [6.45, 7) is 7.50. The molecule has 132 valence electrons. The fourth-order valence-electron chi connectivity index (χ4n) is 2.42. The lowest BCUT2D eigenvalue weighted by atomic mass is 10.0. The van der Waals surface area contributed by atoms with Crippen molar-refractivity contribution >= 4 is 11.9 Å². The number of hydrogen-bond donors (Lipinski definition) is 2. The maximum Gasteiger partial charge on any atom is 0.326 e. The summed E-state index contributed by atoms with van der Waals surface area (Å²) in [5.41, 5.74) is 1.06. The van der Waals surface area contributed by atoms with Gasteiger partial charge in [-0.15, -0.1) is 6.58 Å². The van der Waals surface area contributed by atoms with Crippen molar-refractivity contribution in [3.8, 4) is 11.5 Å². The monoisotopic (exact) mass is 335 g/mol. The Balaban J connectivity index is 3.15. The summed E-state index contributed by atoms with van der Waals surface area (Å²) in [5, 5.41) is 11.8. The number of rotatable bonds is 9. The number of ether oxygens (including phenoxy) is 2. The lowest BCUT2D eigenvalue weighted by Gasteiger charge is -2.18. The van der Waals surface area contributed by atoms with Crippen LogP contribution in [0.3, 0.4) is 0 Å². The number of methoxy groups -OCH3 is 2. The summed E-state index contributed by atoms with van der Waals surface area (Å²) in [6.07, 6.45) is 2.54. The lowest BCUT2D eigenvalue weighted by Crippen LogP contribution is -2.41. The van der Waals surface area contributed by atoms with E-state index in [1.807, 2.05) is 13.8 Å². The maximum absolute atomic E-state index is 12.5. The van der Waals surface area contributed by atoms with Crippen molar-refractivity contribution in [3.63, 3.8) is 0 Å². The van der Waals surface area contributed by atoms with E-state index in [1.165, 1.54) is 20.3 Å². The molecule has 0 spiro atoms. The normalized spacial score (nSPS) is 11.7. The molecule has 0 heterocycles. The number of carbonyl (C=O) groups excluding carboxylic acids is 1. The van der Waals surface area contributed by atoms with Gasteiger partial charge in [0.15, 0.2) is 11.5 Å². The highest BCUT2D eigenvalue weighted by atomic mass is 16.5. The first-order chi connectivity index (χ1) is 11.3. The number of benzene rings is 1. The molecule has 0 aromatic heterocycles. The van der Waals surface area contributed by atoms with Crippen LogP contribution in [0.4, 0.5) is 0 Å². The molecule has 0 aliphatic carbocycles. The van der Waals surface area contributed by atoms with E-state index in [0.29, 0.717) is 29.9 Å². The summed E-state index contributed by atoms with van der Waals surface area (Å²) in [6, 6.07) is 2.26. The molecule has 0 aliphatic heterocycles. The second-order valence-corrected chi connectivity index (χ2v) is 5.86. The van der Waals surface area contributed by atoms with Crippen molar-refractivity contribution in [2.24, 2.45) is 5.92 Å². The zero-order chi connectivity index (χ0) is 18.3. The minimum Gasteiger partial charge on any atom is -0.493 e. The fraction of sp³-hybridized carbons (Fsp3) is 0.444. The third kappa shape index (κ3) is 5.01. The molecule has 1 rings (SSSR count). The molecule has 0 fully saturated rings. The van der Waals surface area contributed by atoms with E-state index in [2.05, 4.69) is 11.9 Å². The molecular weight excluding hydrogens is 310 g/mol. The van der Waals surface area contributed by atoms with E-state index in [1.54, 1.807) is 12.1 Å². The Hall–Kier alpha value is -2.50. The summed E-state index contributed by atoms with van der Waals surface area (Å²) < 4.78 is 10.6. The van der Waals surface area contributed by atoms with E-state index < -0.39 is 17.9 Å². The molecular formula is C18H25NO5. The predicted molar refractivity (Wildman–Crippen MR) is 91.8 cm³/mol. The Morgan fingerprint density at radius 3 is 2.42 bits per heavy atom. The average Bonchev–Trinajstić information content (AvgIpc) is 2.53. The predicted octanol–water partition coefficient (Wildman–Crippen LogP) is 2.66. The van der Waals surface area contributed by atoms with E-state index in [4.69, 9.17) is 9.47 Å². The molecule has 0 radical (unpaired) electrons. The summed E-state index contributed by atoms with van der Waals surface area (Å²) in [7, 11) is 3.00. The van der Waals surface area contributed by atoms with Gasteiger partial charge in [0.2, 0.25) is 0 Å².